The molecule has 1 aromatic carbocycles. The van der Waals surface area contributed by atoms with Crippen LogP contribution in [0.1, 0.15) is 57.6 Å². The Kier molecular flexibility index (Phi) is 8.39. The normalized spacial score (nSPS) is 22.0. The molecule has 1 fully saturated rings. The van der Waals surface area contributed by atoms with E-state index in [4.69, 9.17) is 9.47 Å². The molecule has 1 atom stereocenters. The van der Waals surface area contributed by atoms with Crippen molar-refractivity contribution in [1.82, 2.24) is 4.90 Å². The minimum atomic E-state index is -4.85. The van der Waals surface area contributed by atoms with Crippen LogP contribution in [0.5, 0.6) is 5.75 Å². The van der Waals surface area contributed by atoms with E-state index in [2.05, 4.69) is 4.99 Å². The molecule has 0 bridgehead atoms. The largest absolute Gasteiger partial charge is 0.496 e. The molecule has 5 nitrogen and oxygen atoms in total. The molecule has 0 radical (unpaired) electrons. The predicted molar refractivity (Wildman–Crippen MR) is 116 cm³/mol. The summed E-state index contributed by atoms with van der Waals surface area (Å²) < 4.78 is 54.2. The first kappa shape index (κ1) is 25.5. The van der Waals surface area contributed by atoms with Crippen molar-refractivity contribution in [3.8, 4) is 5.75 Å². The van der Waals surface area contributed by atoms with Gasteiger partial charge in [0.15, 0.2) is 5.60 Å². The number of hydrogen-bond acceptors (Lipinski definition) is 4. The second kappa shape index (κ2) is 10.2. The van der Waals surface area contributed by atoms with Crippen LogP contribution in [0.3, 0.4) is 0 Å². The van der Waals surface area contributed by atoms with Crippen LogP contribution in [0, 0.1) is 12.8 Å². The van der Waals surface area contributed by atoms with Crippen LogP contribution in [0.4, 0.5) is 18.9 Å². The van der Waals surface area contributed by atoms with E-state index in [-0.39, 0.29) is 36.4 Å². The van der Waals surface area contributed by atoms with Crippen LogP contribution < -0.4 is 4.74 Å². The average Bonchev–Trinajstić information content (AvgIpc) is 2.71. The number of rotatable bonds is 8. The first-order valence-electron chi connectivity index (χ1n) is 10.8. The Balaban J connectivity index is 2.44. The molecule has 1 N–H and O–H groups in total. The van der Waals surface area contributed by atoms with E-state index in [0.717, 1.165) is 6.54 Å². The number of hydrogen-bond donors (Lipinski definition) is 1. The van der Waals surface area contributed by atoms with E-state index in [1.807, 2.05) is 32.7 Å². The van der Waals surface area contributed by atoms with Crippen molar-refractivity contribution in [3.05, 3.63) is 23.3 Å². The summed E-state index contributed by atoms with van der Waals surface area (Å²) in [5, 5.41) is 11.2. The van der Waals surface area contributed by atoms with Gasteiger partial charge in [-0.05, 0) is 65.0 Å². The van der Waals surface area contributed by atoms with Crippen LogP contribution in [-0.2, 0) is 10.3 Å². The lowest BCUT2D eigenvalue weighted by atomic mass is 9.71. The van der Waals surface area contributed by atoms with Gasteiger partial charge in [0.05, 0.1) is 31.3 Å². The van der Waals surface area contributed by atoms with E-state index in [9.17, 15) is 18.3 Å². The number of aliphatic hydroxyl groups is 1. The third-order valence-corrected chi connectivity index (χ3v) is 5.98. The average molecular weight is 445 g/mol. The summed E-state index contributed by atoms with van der Waals surface area (Å²) in [7, 11) is 3.16. The van der Waals surface area contributed by atoms with Gasteiger partial charge >= 0.3 is 6.18 Å². The lowest BCUT2D eigenvalue weighted by Gasteiger charge is -2.42. The lowest BCUT2D eigenvalue weighted by Crippen LogP contribution is -2.50. The third kappa shape index (κ3) is 5.71. The molecule has 0 aromatic heterocycles. The molecule has 1 saturated carbocycles. The van der Waals surface area contributed by atoms with Gasteiger partial charge in [0.1, 0.15) is 5.75 Å². The first-order chi connectivity index (χ1) is 14.4. The standard InChI is InChI=1S/C23H35F3N2O3/c1-7-28(5)14-27-20-13-21(30-6)19(12-16(20)4)22(29,23(24,25)26)17-8-10-18(11-9-17)31-15(2)3/h12-15,17-18,29H,7-11H2,1-6H3/b27-14+. The molecule has 0 aliphatic heterocycles. The quantitative estimate of drug-likeness (QED) is 0.434. The molecule has 1 aliphatic rings. The number of aliphatic imine (C=N–C) groups is 1. The monoisotopic (exact) mass is 444 g/mol. The molecule has 1 aliphatic carbocycles. The molecular formula is C23H35F3N2O3. The fourth-order valence-electron chi connectivity index (χ4n) is 4.13. The van der Waals surface area contributed by atoms with Gasteiger partial charge in [-0.3, -0.25) is 0 Å². The Morgan fingerprint density at radius 1 is 1.23 bits per heavy atom. The summed E-state index contributed by atoms with van der Waals surface area (Å²) in [6.07, 6.45) is -1.89. The number of methoxy groups -OCH3 is 1. The number of alkyl halides is 3. The number of ether oxygens (including phenoxy) is 2. The highest BCUT2D eigenvalue weighted by atomic mass is 19.4. The van der Waals surface area contributed by atoms with Crippen molar-refractivity contribution in [2.45, 2.75) is 77.4 Å². The Bertz CT molecular complexity index is 759. The summed E-state index contributed by atoms with van der Waals surface area (Å²) in [4.78, 5) is 6.21. The van der Waals surface area contributed by atoms with Gasteiger partial charge in [0.2, 0.25) is 0 Å². The summed E-state index contributed by atoms with van der Waals surface area (Å²) in [5.41, 5.74) is -2.22. The van der Waals surface area contributed by atoms with E-state index >= 15 is 0 Å². The topological polar surface area (TPSA) is 54.3 Å². The van der Waals surface area contributed by atoms with Crippen LogP contribution in [0.25, 0.3) is 0 Å². The van der Waals surface area contributed by atoms with Crippen LogP contribution in [0.2, 0.25) is 0 Å². The molecular weight excluding hydrogens is 409 g/mol. The van der Waals surface area contributed by atoms with Crippen LogP contribution in [0.15, 0.2) is 17.1 Å². The van der Waals surface area contributed by atoms with E-state index in [1.165, 1.54) is 19.2 Å². The van der Waals surface area contributed by atoms with Gasteiger partial charge in [-0.2, -0.15) is 13.2 Å². The van der Waals surface area contributed by atoms with Crippen molar-refractivity contribution in [1.29, 1.82) is 0 Å². The molecule has 8 heteroatoms. The van der Waals surface area contributed by atoms with E-state index in [1.54, 1.807) is 13.3 Å². The van der Waals surface area contributed by atoms with Gasteiger partial charge in [-0.1, -0.05) is 0 Å². The maximum Gasteiger partial charge on any atom is 0.421 e. The van der Waals surface area contributed by atoms with Crippen LogP contribution in [-0.4, -0.2) is 55.4 Å². The highest BCUT2D eigenvalue weighted by Crippen LogP contribution is 2.52. The summed E-state index contributed by atoms with van der Waals surface area (Å²) in [6.45, 7) is 8.22. The molecule has 0 heterocycles. The van der Waals surface area contributed by atoms with Crippen LogP contribution >= 0.6 is 0 Å². The minimum Gasteiger partial charge on any atom is -0.496 e. The molecule has 2 rings (SSSR count). The van der Waals surface area contributed by atoms with Crippen molar-refractivity contribution >= 4 is 12.0 Å². The van der Waals surface area contributed by atoms with Gasteiger partial charge in [-0.15, -0.1) is 0 Å². The zero-order valence-corrected chi connectivity index (χ0v) is 19.3. The molecule has 0 amide bonds. The summed E-state index contributed by atoms with van der Waals surface area (Å²) in [5.74, 6) is -0.995. The smallest absolute Gasteiger partial charge is 0.421 e. The maximum atomic E-state index is 14.4. The van der Waals surface area contributed by atoms with Crippen molar-refractivity contribution < 1.29 is 27.8 Å². The Morgan fingerprint density at radius 2 is 1.84 bits per heavy atom. The summed E-state index contributed by atoms with van der Waals surface area (Å²) >= 11 is 0. The highest BCUT2D eigenvalue weighted by Gasteiger charge is 2.61. The summed E-state index contributed by atoms with van der Waals surface area (Å²) in [6, 6.07) is 2.83. The number of benzene rings is 1. The Labute approximate surface area is 183 Å². The van der Waals surface area contributed by atoms with Crippen molar-refractivity contribution in [2.75, 3.05) is 20.7 Å². The fraction of sp³-hybridized carbons (Fsp3) is 0.696. The van der Waals surface area contributed by atoms with Crippen molar-refractivity contribution in [3.63, 3.8) is 0 Å². The zero-order chi connectivity index (χ0) is 23.4. The number of nitrogens with zero attached hydrogens (tertiary/aromatic N) is 2. The minimum absolute atomic E-state index is 0.0164. The Morgan fingerprint density at radius 3 is 2.32 bits per heavy atom. The van der Waals surface area contributed by atoms with E-state index < -0.39 is 17.7 Å². The first-order valence-corrected chi connectivity index (χ1v) is 10.8. The number of halogens is 3. The van der Waals surface area contributed by atoms with Crippen molar-refractivity contribution in [2.24, 2.45) is 10.9 Å². The second-order valence-corrected chi connectivity index (χ2v) is 8.58. The molecule has 1 aromatic rings. The van der Waals surface area contributed by atoms with Gasteiger partial charge in [-0.25, -0.2) is 4.99 Å². The van der Waals surface area contributed by atoms with Gasteiger partial charge < -0.3 is 19.5 Å². The third-order valence-electron chi connectivity index (χ3n) is 5.98. The molecule has 176 valence electrons. The maximum absolute atomic E-state index is 14.4. The van der Waals surface area contributed by atoms with E-state index in [0.29, 0.717) is 24.1 Å². The highest BCUT2D eigenvalue weighted by molar-refractivity contribution is 5.65. The fourth-order valence-corrected chi connectivity index (χ4v) is 4.13. The van der Waals surface area contributed by atoms with Gasteiger partial charge in [0, 0.05) is 31.1 Å². The predicted octanol–water partition coefficient (Wildman–Crippen LogP) is 5.35. The molecule has 31 heavy (non-hydrogen) atoms. The molecule has 0 spiro atoms. The molecule has 1 unspecified atom stereocenters. The Hall–Kier alpha value is -1.80. The lowest BCUT2D eigenvalue weighted by molar-refractivity contribution is -0.292. The van der Waals surface area contributed by atoms with Gasteiger partial charge in [0.25, 0.3) is 0 Å². The second-order valence-electron chi connectivity index (χ2n) is 8.58. The zero-order valence-electron chi connectivity index (χ0n) is 19.3. The number of aryl methyl sites for hydroxylation is 1. The molecule has 0 saturated heterocycles. The SMILES string of the molecule is CCN(C)/C=N/c1cc(OC)c(C(O)(C2CCC(OC(C)C)CC2)C(F)(F)F)cc1C.